The van der Waals surface area contributed by atoms with Crippen molar-refractivity contribution < 1.29 is 0 Å². The van der Waals surface area contributed by atoms with Gasteiger partial charge in [-0.3, -0.25) is 4.68 Å². The van der Waals surface area contributed by atoms with E-state index in [0.717, 1.165) is 25.3 Å². The lowest BCUT2D eigenvalue weighted by Crippen LogP contribution is -2.36. The fourth-order valence-corrected chi connectivity index (χ4v) is 4.79. The molecular weight excluding hydrogens is 310 g/mol. The van der Waals surface area contributed by atoms with E-state index >= 15 is 0 Å². The van der Waals surface area contributed by atoms with Crippen molar-refractivity contribution in [3.63, 3.8) is 0 Å². The standard InChI is InChI=1S/C13H22BrN3S/c1-4-10-13(14)12(17(3)16-10)6-9-7-18-8-11(9)15-5-2/h9,11,15H,4-8H2,1-3H3. The Morgan fingerprint density at radius 3 is 2.83 bits per heavy atom. The van der Waals surface area contributed by atoms with Gasteiger partial charge in [0.25, 0.3) is 0 Å². The number of hydrogen-bond acceptors (Lipinski definition) is 3. The second kappa shape index (κ2) is 6.44. The SMILES string of the molecule is CCNC1CSCC1Cc1c(Br)c(CC)nn1C. The minimum atomic E-state index is 0.659. The van der Waals surface area contributed by atoms with Gasteiger partial charge in [-0.2, -0.15) is 16.9 Å². The molecule has 0 radical (unpaired) electrons. The van der Waals surface area contributed by atoms with Crippen molar-refractivity contribution in [3.05, 3.63) is 15.9 Å². The molecule has 0 aromatic carbocycles. The monoisotopic (exact) mass is 331 g/mol. The zero-order valence-corrected chi connectivity index (χ0v) is 13.8. The molecule has 3 nitrogen and oxygen atoms in total. The predicted octanol–water partition coefficient (Wildman–Crippen LogP) is 2.63. The molecule has 1 aromatic rings. The van der Waals surface area contributed by atoms with Crippen LogP contribution in [0.1, 0.15) is 25.2 Å². The van der Waals surface area contributed by atoms with Gasteiger partial charge in [0, 0.05) is 18.8 Å². The van der Waals surface area contributed by atoms with E-state index in [1.807, 2.05) is 0 Å². The van der Waals surface area contributed by atoms with Crippen molar-refractivity contribution in [2.75, 3.05) is 18.1 Å². The smallest absolute Gasteiger partial charge is 0.0766 e. The summed E-state index contributed by atoms with van der Waals surface area (Å²) in [5.41, 5.74) is 2.53. The third-order valence-corrected chi connectivity index (χ3v) is 5.80. The summed E-state index contributed by atoms with van der Waals surface area (Å²) < 4.78 is 3.27. The fourth-order valence-electron chi connectivity index (χ4n) is 2.58. The maximum atomic E-state index is 4.58. The molecule has 2 heterocycles. The third-order valence-electron chi connectivity index (χ3n) is 3.62. The molecule has 2 unspecified atom stereocenters. The van der Waals surface area contributed by atoms with Crippen LogP contribution in [0.25, 0.3) is 0 Å². The third kappa shape index (κ3) is 2.94. The summed E-state index contributed by atoms with van der Waals surface area (Å²) >= 11 is 5.78. The number of aryl methyl sites for hydroxylation is 2. The highest BCUT2D eigenvalue weighted by atomic mass is 79.9. The first-order chi connectivity index (χ1) is 8.67. The summed E-state index contributed by atoms with van der Waals surface area (Å²) in [4.78, 5) is 0. The van der Waals surface area contributed by atoms with Crippen LogP contribution in [0.5, 0.6) is 0 Å². The van der Waals surface area contributed by atoms with Crippen molar-refractivity contribution >= 4 is 27.7 Å². The Labute approximate surface area is 122 Å². The maximum absolute atomic E-state index is 4.58. The maximum Gasteiger partial charge on any atom is 0.0766 e. The number of thioether (sulfide) groups is 1. The van der Waals surface area contributed by atoms with Crippen LogP contribution in [0.3, 0.4) is 0 Å². The number of halogens is 1. The quantitative estimate of drug-likeness (QED) is 0.899. The molecular formula is C13H22BrN3S. The van der Waals surface area contributed by atoms with Crippen molar-refractivity contribution in [3.8, 4) is 0 Å². The van der Waals surface area contributed by atoms with E-state index < -0.39 is 0 Å². The molecule has 2 atom stereocenters. The highest BCUT2D eigenvalue weighted by Crippen LogP contribution is 2.31. The molecule has 0 spiro atoms. The topological polar surface area (TPSA) is 29.9 Å². The number of rotatable bonds is 5. The minimum Gasteiger partial charge on any atom is -0.313 e. The highest BCUT2D eigenvalue weighted by molar-refractivity contribution is 9.10. The second-order valence-electron chi connectivity index (χ2n) is 4.85. The molecule has 18 heavy (non-hydrogen) atoms. The summed E-state index contributed by atoms with van der Waals surface area (Å²) in [6.07, 6.45) is 2.11. The first kappa shape index (κ1) is 14.4. The minimum absolute atomic E-state index is 0.659. The van der Waals surface area contributed by atoms with Gasteiger partial charge in [0.2, 0.25) is 0 Å². The van der Waals surface area contributed by atoms with Crippen molar-refractivity contribution in [2.24, 2.45) is 13.0 Å². The summed E-state index contributed by atoms with van der Waals surface area (Å²) in [6, 6.07) is 0.659. The van der Waals surface area contributed by atoms with E-state index in [1.165, 1.54) is 27.4 Å². The lowest BCUT2D eigenvalue weighted by Gasteiger charge is -2.19. The Hall–Kier alpha value is 0. The summed E-state index contributed by atoms with van der Waals surface area (Å²) in [7, 11) is 2.06. The Bertz CT molecular complexity index is 405. The lowest BCUT2D eigenvalue weighted by atomic mass is 9.97. The van der Waals surface area contributed by atoms with E-state index in [4.69, 9.17) is 0 Å². The molecule has 1 fully saturated rings. The van der Waals surface area contributed by atoms with Gasteiger partial charge in [0.05, 0.1) is 15.9 Å². The number of hydrogen-bond donors (Lipinski definition) is 1. The number of nitrogens with zero attached hydrogens (tertiary/aromatic N) is 2. The van der Waals surface area contributed by atoms with Crippen LogP contribution >= 0.6 is 27.7 Å². The zero-order chi connectivity index (χ0) is 13.1. The van der Waals surface area contributed by atoms with Crippen molar-refractivity contribution in [1.82, 2.24) is 15.1 Å². The Morgan fingerprint density at radius 2 is 2.22 bits per heavy atom. The molecule has 102 valence electrons. The lowest BCUT2D eigenvalue weighted by molar-refractivity contribution is 0.424. The molecule has 2 rings (SSSR count). The number of nitrogens with one attached hydrogen (secondary N) is 1. The predicted molar refractivity (Wildman–Crippen MR) is 82.3 cm³/mol. The van der Waals surface area contributed by atoms with Crippen LogP contribution in [0.15, 0.2) is 4.47 Å². The molecule has 0 saturated carbocycles. The molecule has 1 N–H and O–H groups in total. The van der Waals surface area contributed by atoms with Crippen molar-refractivity contribution in [2.45, 2.75) is 32.7 Å². The molecule has 1 aliphatic heterocycles. The average molecular weight is 332 g/mol. The molecule has 1 aromatic heterocycles. The van der Waals surface area contributed by atoms with Gasteiger partial charge in [-0.15, -0.1) is 0 Å². The van der Waals surface area contributed by atoms with E-state index in [2.05, 4.69) is 63.7 Å². The number of aromatic nitrogens is 2. The van der Waals surface area contributed by atoms with Crippen molar-refractivity contribution in [1.29, 1.82) is 0 Å². The molecule has 5 heteroatoms. The van der Waals surface area contributed by atoms with E-state index in [-0.39, 0.29) is 0 Å². The normalized spacial score (nSPS) is 23.8. The Morgan fingerprint density at radius 1 is 1.44 bits per heavy atom. The summed E-state index contributed by atoms with van der Waals surface area (Å²) in [6.45, 7) is 5.41. The van der Waals surface area contributed by atoms with Crippen LogP contribution in [0.4, 0.5) is 0 Å². The molecule has 0 bridgehead atoms. The van der Waals surface area contributed by atoms with Crippen LogP contribution in [-0.4, -0.2) is 33.9 Å². The molecule has 1 aliphatic rings. The van der Waals surface area contributed by atoms with Gasteiger partial charge in [0.15, 0.2) is 0 Å². The molecule has 0 aliphatic carbocycles. The van der Waals surface area contributed by atoms with E-state index in [9.17, 15) is 0 Å². The summed E-state index contributed by atoms with van der Waals surface area (Å²) in [5.74, 6) is 3.23. The van der Waals surface area contributed by atoms with Gasteiger partial charge in [-0.25, -0.2) is 0 Å². The van der Waals surface area contributed by atoms with Gasteiger partial charge in [0.1, 0.15) is 0 Å². The van der Waals surface area contributed by atoms with Gasteiger partial charge in [-0.05, 0) is 47.0 Å². The first-order valence-corrected chi connectivity index (χ1v) is 8.63. The molecule has 1 saturated heterocycles. The fraction of sp³-hybridized carbons (Fsp3) is 0.769. The highest BCUT2D eigenvalue weighted by Gasteiger charge is 2.29. The zero-order valence-electron chi connectivity index (χ0n) is 11.4. The van der Waals surface area contributed by atoms with Gasteiger partial charge in [-0.1, -0.05) is 13.8 Å². The van der Waals surface area contributed by atoms with Gasteiger partial charge >= 0.3 is 0 Å². The largest absolute Gasteiger partial charge is 0.313 e. The van der Waals surface area contributed by atoms with Crippen LogP contribution < -0.4 is 5.32 Å². The van der Waals surface area contributed by atoms with Crippen LogP contribution in [-0.2, 0) is 19.9 Å². The van der Waals surface area contributed by atoms with E-state index in [0.29, 0.717) is 6.04 Å². The Kier molecular flexibility index (Phi) is 5.15. The second-order valence-corrected chi connectivity index (χ2v) is 6.72. The first-order valence-electron chi connectivity index (χ1n) is 6.68. The van der Waals surface area contributed by atoms with E-state index in [1.54, 1.807) is 0 Å². The van der Waals surface area contributed by atoms with Crippen LogP contribution in [0, 0.1) is 5.92 Å². The van der Waals surface area contributed by atoms with Crippen LogP contribution in [0.2, 0.25) is 0 Å². The summed E-state index contributed by atoms with van der Waals surface area (Å²) in [5, 5.41) is 8.19. The van der Waals surface area contributed by atoms with Gasteiger partial charge < -0.3 is 5.32 Å². The average Bonchev–Trinajstić information content (AvgIpc) is 2.89. The Balaban J connectivity index is 2.11. The molecule has 0 amide bonds.